The zero-order valence-electron chi connectivity index (χ0n) is 6.50. The van der Waals surface area contributed by atoms with E-state index in [1.807, 2.05) is 0 Å². The van der Waals surface area contributed by atoms with Gasteiger partial charge in [-0.3, -0.25) is 0 Å². The maximum absolute atomic E-state index is 10.4. The van der Waals surface area contributed by atoms with E-state index in [-0.39, 0.29) is 6.42 Å². The number of aliphatic carboxylic acids is 1. The average molecular weight is 201 g/mol. The zero-order valence-corrected chi connectivity index (χ0v) is 7.40. The molecule has 1 aromatic heterocycles. The van der Waals surface area contributed by atoms with Crippen molar-refractivity contribution in [2.75, 3.05) is 0 Å². The lowest BCUT2D eigenvalue weighted by Crippen LogP contribution is -2.36. The molecule has 1 unspecified atom stereocenters. The Hall–Kier alpha value is -1.19. The van der Waals surface area contributed by atoms with Crippen LogP contribution in [0, 0.1) is 0 Å². The van der Waals surface area contributed by atoms with E-state index in [1.54, 1.807) is 6.07 Å². The lowest BCUT2D eigenvalue weighted by atomic mass is 10.2. The van der Waals surface area contributed by atoms with Crippen molar-refractivity contribution < 1.29 is 23.8 Å². The molecule has 0 aliphatic heterocycles. The van der Waals surface area contributed by atoms with Crippen molar-refractivity contribution in [1.82, 2.24) is 0 Å². The van der Waals surface area contributed by atoms with E-state index in [0.717, 1.165) is 0 Å². The SMILES string of the molecule is O=C([O-])[C@@H](Cc1ccco1)[P+](=O)[O-]. The number of furan rings is 1. The van der Waals surface area contributed by atoms with E-state index in [0.29, 0.717) is 5.76 Å². The number of carbonyl (C=O) groups is 1. The van der Waals surface area contributed by atoms with Gasteiger partial charge in [0.2, 0.25) is 0 Å². The van der Waals surface area contributed by atoms with E-state index in [4.69, 9.17) is 4.42 Å². The molecule has 2 atom stereocenters. The summed E-state index contributed by atoms with van der Waals surface area (Å²) in [5, 5.41) is 10.3. The normalized spacial score (nSPS) is 13.8. The van der Waals surface area contributed by atoms with Crippen LogP contribution in [0.1, 0.15) is 5.76 Å². The maximum atomic E-state index is 10.4. The predicted octanol–water partition coefficient (Wildman–Crippen LogP) is -0.957. The van der Waals surface area contributed by atoms with Gasteiger partial charge in [-0.05, 0) is 12.1 Å². The summed E-state index contributed by atoms with van der Waals surface area (Å²) in [6.45, 7) is 0. The molecule has 0 amide bonds. The van der Waals surface area contributed by atoms with Crippen LogP contribution in [0.3, 0.4) is 0 Å². The Morgan fingerprint density at radius 2 is 2.38 bits per heavy atom. The Balaban J connectivity index is 2.69. The molecule has 0 saturated heterocycles. The molecular formula is C7H6O5P-. The van der Waals surface area contributed by atoms with Gasteiger partial charge in [-0.1, -0.05) is 4.57 Å². The fourth-order valence-corrected chi connectivity index (χ4v) is 1.36. The molecule has 0 spiro atoms. The Morgan fingerprint density at radius 1 is 1.69 bits per heavy atom. The third-order valence-electron chi connectivity index (χ3n) is 1.50. The first-order valence-corrected chi connectivity index (χ1v) is 4.72. The van der Waals surface area contributed by atoms with Gasteiger partial charge in [-0.15, -0.1) is 0 Å². The molecule has 13 heavy (non-hydrogen) atoms. The minimum atomic E-state index is -3.03. The Bertz CT molecular complexity index is 291. The highest BCUT2D eigenvalue weighted by Gasteiger charge is 2.24. The Labute approximate surface area is 74.9 Å². The predicted molar refractivity (Wildman–Crippen MR) is 38.8 cm³/mol. The van der Waals surface area contributed by atoms with Crippen LogP contribution >= 0.6 is 8.03 Å². The van der Waals surface area contributed by atoms with Crippen LogP contribution in [-0.2, 0) is 15.8 Å². The first kappa shape index (κ1) is 9.89. The molecule has 1 heterocycles. The van der Waals surface area contributed by atoms with E-state index >= 15 is 0 Å². The summed E-state index contributed by atoms with van der Waals surface area (Å²) in [4.78, 5) is 20.8. The van der Waals surface area contributed by atoms with Gasteiger partial charge < -0.3 is 19.2 Å². The molecular weight excluding hydrogens is 195 g/mol. The van der Waals surface area contributed by atoms with Crippen molar-refractivity contribution >= 4 is 14.0 Å². The topological polar surface area (TPSA) is 93.4 Å². The van der Waals surface area contributed by atoms with Crippen LogP contribution in [-0.4, -0.2) is 11.6 Å². The molecule has 0 fully saturated rings. The molecule has 70 valence electrons. The largest absolute Gasteiger partial charge is 0.595 e. The average Bonchev–Trinajstić information content (AvgIpc) is 2.50. The van der Waals surface area contributed by atoms with Gasteiger partial charge >= 0.3 is 8.03 Å². The quantitative estimate of drug-likeness (QED) is 0.585. The van der Waals surface area contributed by atoms with Crippen molar-refractivity contribution in [2.45, 2.75) is 12.1 Å². The lowest BCUT2D eigenvalue weighted by Gasteiger charge is -2.07. The summed E-state index contributed by atoms with van der Waals surface area (Å²) in [6, 6.07) is 3.06. The standard InChI is InChI=1S/C7H7O5P/c8-7(9)6(13(10)11)4-5-2-1-3-12-5/h1-3,6H,4H2,(H,8,9)/p-1/t6-/m1/s1. The van der Waals surface area contributed by atoms with Crippen LogP contribution in [0.4, 0.5) is 0 Å². The molecule has 1 rings (SSSR count). The zero-order chi connectivity index (χ0) is 9.84. The molecule has 0 aliphatic carbocycles. The third-order valence-corrected chi connectivity index (χ3v) is 2.40. The highest BCUT2D eigenvalue weighted by molar-refractivity contribution is 7.38. The van der Waals surface area contributed by atoms with Crippen LogP contribution in [0.15, 0.2) is 22.8 Å². The molecule has 0 aromatic carbocycles. The summed E-state index contributed by atoms with van der Waals surface area (Å²) in [7, 11) is -3.03. The molecule has 5 nitrogen and oxygen atoms in total. The second-order valence-corrected chi connectivity index (χ2v) is 3.60. The minimum Gasteiger partial charge on any atom is -0.595 e. The fraction of sp³-hybridized carbons (Fsp3) is 0.286. The highest BCUT2D eigenvalue weighted by atomic mass is 31.1. The van der Waals surface area contributed by atoms with Gasteiger partial charge in [0.25, 0.3) is 0 Å². The van der Waals surface area contributed by atoms with Crippen LogP contribution < -0.4 is 10.00 Å². The van der Waals surface area contributed by atoms with Gasteiger partial charge in [0.15, 0.2) is 5.66 Å². The second-order valence-electron chi connectivity index (χ2n) is 2.40. The molecule has 1 aromatic rings. The molecule has 0 saturated carbocycles. The summed E-state index contributed by atoms with van der Waals surface area (Å²) < 4.78 is 15.2. The smallest absolute Gasteiger partial charge is 0.318 e. The van der Waals surface area contributed by atoms with Crippen molar-refractivity contribution in [3.63, 3.8) is 0 Å². The number of rotatable bonds is 4. The number of hydrogen-bond acceptors (Lipinski definition) is 5. The Morgan fingerprint density at radius 3 is 2.77 bits per heavy atom. The van der Waals surface area contributed by atoms with Gasteiger partial charge in [0.1, 0.15) is 5.76 Å². The van der Waals surface area contributed by atoms with Crippen molar-refractivity contribution in [3.05, 3.63) is 24.2 Å². The molecule has 0 radical (unpaired) electrons. The number of carboxylic acid groups (broad SMARTS) is 1. The molecule has 0 bridgehead atoms. The van der Waals surface area contributed by atoms with Gasteiger partial charge in [-0.25, -0.2) is 0 Å². The van der Waals surface area contributed by atoms with Crippen LogP contribution in [0.2, 0.25) is 0 Å². The monoisotopic (exact) mass is 201 g/mol. The number of hydrogen-bond donors (Lipinski definition) is 0. The first-order valence-electron chi connectivity index (χ1n) is 3.48. The van der Waals surface area contributed by atoms with Crippen LogP contribution in [0.25, 0.3) is 0 Å². The van der Waals surface area contributed by atoms with Crippen molar-refractivity contribution in [2.24, 2.45) is 0 Å². The second kappa shape index (κ2) is 4.16. The number of carboxylic acids is 1. The van der Waals surface area contributed by atoms with Crippen molar-refractivity contribution in [3.8, 4) is 0 Å². The third kappa shape index (κ3) is 2.65. The highest BCUT2D eigenvalue weighted by Crippen LogP contribution is 2.21. The lowest BCUT2D eigenvalue weighted by molar-refractivity contribution is -0.306. The summed E-state index contributed by atoms with van der Waals surface area (Å²) in [6.07, 6.45) is 1.16. The van der Waals surface area contributed by atoms with E-state index in [9.17, 15) is 19.4 Å². The van der Waals surface area contributed by atoms with Crippen LogP contribution in [0.5, 0.6) is 0 Å². The van der Waals surface area contributed by atoms with Gasteiger partial charge in [0.05, 0.1) is 18.7 Å². The van der Waals surface area contributed by atoms with E-state index < -0.39 is 19.7 Å². The van der Waals surface area contributed by atoms with Gasteiger partial charge in [-0.2, -0.15) is 0 Å². The summed E-state index contributed by atoms with van der Waals surface area (Å²) in [5.41, 5.74) is -1.51. The molecule has 0 aliphatic rings. The molecule has 0 N–H and O–H groups in total. The number of carbonyl (C=O) groups excluding carboxylic acids is 1. The van der Waals surface area contributed by atoms with Crippen molar-refractivity contribution in [1.29, 1.82) is 0 Å². The minimum absolute atomic E-state index is 0.186. The first-order chi connectivity index (χ1) is 6.11. The van der Waals surface area contributed by atoms with Gasteiger partial charge in [0, 0.05) is 0 Å². The van der Waals surface area contributed by atoms with E-state index in [2.05, 4.69) is 0 Å². The fourth-order valence-electron chi connectivity index (χ4n) is 0.863. The molecule has 6 heteroatoms. The maximum Gasteiger partial charge on any atom is 0.318 e. The Kier molecular flexibility index (Phi) is 3.17. The van der Waals surface area contributed by atoms with E-state index in [1.165, 1.54) is 12.3 Å². The summed E-state index contributed by atoms with van der Waals surface area (Å²) in [5.74, 6) is -1.29. The summed E-state index contributed by atoms with van der Waals surface area (Å²) >= 11 is 0.